The number of amides is 2. The molecule has 1 aromatic carbocycles. The Balaban J connectivity index is 1.92. The molecule has 1 saturated heterocycles. The molecule has 2 aliphatic heterocycles. The maximum atomic E-state index is 12.5. The number of nitrogens with zero attached hydrogens (tertiary/aromatic N) is 2. The minimum atomic E-state index is -0.956. The van der Waals surface area contributed by atoms with Crippen LogP contribution in [0.25, 0.3) is 0 Å². The first-order valence-corrected chi connectivity index (χ1v) is 6.51. The first-order valence-electron chi connectivity index (χ1n) is 6.51. The third-order valence-electron chi connectivity index (χ3n) is 3.65. The van der Waals surface area contributed by atoms with Gasteiger partial charge in [0, 0.05) is 0 Å². The van der Waals surface area contributed by atoms with E-state index in [4.69, 9.17) is 4.74 Å². The highest BCUT2D eigenvalue weighted by Gasteiger charge is 2.55. The van der Waals surface area contributed by atoms with Gasteiger partial charge >= 0.3 is 5.97 Å². The number of carbonyl (C=O) groups excluding carboxylic acids is 3. The predicted molar refractivity (Wildman–Crippen MR) is 75.4 cm³/mol. The molecule has 1 fully saturated rings. The largest absolute Gasteiger partial charge is 0.497 e. The molecule has 8 nitrogen and oxygen atoms in total. The Bertz CT molecular complexity index is 682. The van der Waals surface area contributed by atoms with Crippen LogP contribution in [0.5, 0.6) is 5.75 Å². The Kier molecular flexibility index (Phi) is 3.28. The number of hydrazone groups is 1. The first kappa shape index (κ1) is 14.1. The molecule has 0 bridgehead atoms. The predicted octanol–water partition coefficient (Wildman–Crippen LogP) is -0.315. The van der Waals surface area contributed by atoms with E-state index in [1.54, 1.807) is 24.3 Å². The third-order valence-corrected chi connectivity index (χ3v) is 3.65. The van der Waals surface area contributed by atoms with Crippen LogP contribution in [0.15, 0.2) is 29.4 Å². The van der Waals surface area contributed by atoms with E-state index in [1.165, 1.54) is 14.2 Å². The first-order chi connectivity index (χ1) is 10.6. The van der Waals surface area contributed by atoms with Crippen LogP contribution >= 0.6 is 0 Å². The number of esters is 1. The number of fused-ring (bicyclic) bond motifs is 1. The Hall–Kier alpha value is -2.90. The van der Waals surface area contributed by atoms with Gasteiger partial charge in [-0.3, -0.25) is 15.0 Å². The van der Waals surface area contributed by atoms with Crippen molar-refractivity contribution in [1.82, 2.24) is 5.43 Å². The van der Waals surface area contributed by atoms with E-state index in [1.807, 2.05) is 0 Å². The van der Waals surface area contributed by atoms with Crippen molar-refractivity contribution >= 4 is 29.2 Å². The molecule has 0 saturated carbocycles. The minimum Gasteiger partial charge on any atom is -0.497 e. The van der Waals surface area contributed by atoms with Crippen LogP contribution in [0.1, 0.15) is 0 Å². The van der Waals surface area contributed by atoms with Crippen LogP contribution in [0.3, 0.4) is 0 Å². The minimum absolute atomic E-state index is 0.0816. The van der Waals surface area contributed by atoms with Crippen molar-refractivity contribution in [1.29, 1.82) is 0 Å². The Morgan fingerprint density at radius 3 is 2.45 bits per heavy atom. The van der Waals surface area contributed by atoms with Gasteiger partial charge in [-0.1, -0.05) is 0 Å². The van der Waals surface area contributed by atoms with Crippen molar-refractivity contribution < 1.29 is 23.9 Å². The summed E-state index contributed by atoms with van der Waals surface area (Å²) in [5.41, 5.74) is 2.87. The van der Waals surface area contributed by atoms with E-state index in [0.717, 1.165) is 4.90 Å². The van der Waals surface area contributed by atoms with E-state index in [9.17, 15) is 14.4 Å². The Morgan fingerprint density at radius 2 is 1.86 bits per heavy atom. The quantitative estimate of drug-likeness (QED) is 0.607. The zero-order valence-corrected chi connectivity index (χ0v) is 11.9. The number of carbonyl (C=O) groups is 3. The maximum absolute atomic E-state index is 12.5. The topological polar surface area (TPSA) is 97.3 Å². The van der Waals surface area contributed by atoms with E-state index in [0.29, 0.717) is 11.4 Å². The summed E-state index contributed by atoms with van der Waals surface area (Å²) in [6.45, 7) is 0. The number of ether oxygens (including phenoxy) is 2. The molecule has 2 aliphatic rings. The smallest absolute Gasteiger partial charge is 0.355 e. The molecule has 1 aromatic rings. The van der Waals surface area contributed by atoms with Gasteiger partial charge in [0.2, 0.25) is 5.91 Å². The second kappa shape index (κ2) is 5.14. The molecule has 0 radical (unpaired) electrons. The lowest BCUT2D eigenvalue weighted by atomic mass is 9.99. The number of hydrogen-bond acceptors (Lipinski definition) is 7. The zero-order chi connectivity index (χ0) is 15.9. The van der Waals surface area contributed by atoms with E-state index in [-0.39, 0.29) is 5.71 Å². The Labute approximate surface area is 125 Å². The summed E-state index contributed by atoms with van der Waals surface area (Å²) in [6, 6.07) is 5.62. The molecular formula is C14H13N3O5. The lowest BCUT2D eigenvalue weighted by molar-refractivity contribution is -0.133. The van der Waals surface area contributed by atoms with Gasteiger partial charge in [-0.05, 0) is 24.3 Å². The van der Waals surface area contributed by atoms with Crippen LogP contribution in [0, 0.1) is 5.92 Å². The number of anilines is 1. The molecule has 2 atom stereocenters. The van der Waals surface area contributed by atoms with Crippen LogP contribution in [0.2, 0.25) is 0 Å². The van der Waals surface area contributed by atoms with Crippen molar-refractivity contribution in [2.45, 2.75) is 6.04 Å². The van der Waals surface area contributed by atoms with Gasteiger partial charge in [-0.2, -0.15) is 5.10 Å². The zero-order valence-electron chi connectivity index (χ0n) is 11.9. The summed E-state index contributed by atoms with van der Waals surface area (Å²) in [5, 5.41) is 3.75. The van der Waals surface area contributed by atoms with Crippen molar-refractivity contribution in [3.63, 3.8) is 0 Å². The molecule has 0 aromatic heterocycles. The van der Waals surface area contributed by atoms with Crippen molar-refractivity contribution in [2.75, 3.05) is 19.1 Å². The van der Waals surface area contributed by atoms with Gasteiger partial charge in [0.25, 0.3) is 5.91 Å². The molecule has 22 heavy (non-hydrogen) atoms. The number of hydrogen-bond donors (Lipinski definition) is 1. The average Bonchev–Trinajstić information content (AvgIpc) is 3.08. The third kappa shape index (κ3) is 1.92. The number of benzene rings is 1. The fraction of sp³-hybridized carbons (Fsp3) is 0.286. The van der Waals surface area contributed by atoms with E-state index < -0.39 is 29.7 Å². The molecule has 1 N–H and O–H groups in total. The molecule has 2 amide bonds. The van der Waals surface area contributed by atoms with Crippen molar-refractivity contribution in [2.24, 2.45) is 11.0 Å². The van der Waals surface area contributed by atoms with E-state index >= 15 is 0 Å². The monoisotopic (exact) mass is 303 g/mol. The molecule has 8 heteroatoms. The maximum Gasteiger partial charge on any atom is 0.355 e. The van der Waals surface area contributed by atoms with Gasteiger partial charge in [-0.15, -0.1) is 0 Å². The highest BCUT2D eigenvalue weighted by atomic mass is 16.5. The summed E-state index contributed by atoms with van der Waals surface area (Å²) in [7, 11) is 2.72. The van der Waals surface area contributed by atoms with Gasteiger partial charge in [0.05, 0.1) is 19.9 Å². The summed E-state index contributed by atoms with van der Waals surface area (Å²) < 4.78 is 9.63. The molecular weight excluding hydrogens is 290 g/mol. The lowest BCUT2D eigenvalue weighted by Gasteiger charge is -2.15. The highest BCUT2D eigenvalue weighted by Crippen LogP contribution is 2.31. The van der Waals surface area contributed by atoms with Crippen molar-refractivity contribution in [3.8, 4) is 5.75 Å². The highest BCUT2D eigenvalue weighted by molar-refractivity contribution is 6.46. The summed E-state index contributed by atoms with van der Waals surface area (Å²) >= 11 is 0. The number of nitrogens with one attached hydrogen (secondary N) is 1. The van der Waals surface area contributed by atoms with Crippen LogP contribution in [0.4, 0.5) is 5.69 Å². The number of imide groups is 1. The molecule has 2 heterocycles. The second-order valence-electron chi connectivity index (χ2n) is 4.78. The number of rotatable bonds is 3. The summed E-state index contributed by atoms with van der Waals surface area (Å²) in [6.07, 6.45) is 0. The van der Waals surface area contributed by atoms with Gasteiger partial charge in [0.1, 0.15) is 17.7 Å². The Morgan fingerprint density at radius 1 is 1.18 bits per heavy atom. The summed E-state index contributed by atoms with van der Waals surface area (Å²) in [4.78, 5) is 37.6. The van der Waals surface area contributed by atoms with Gasteiger partial charge in [0.15, 0.2) is 5.71 Å². The molecule has 2 unspecified atom stereocenters. The van der Waals surface area contributed by atoms with Crippen LogP contribution < -0.4 is 15.1 Å². The molecule has 114 valence electrons. The molecule has 0 spiro atoms. The van der Waals surface area contributed by atoms with Crippen LogP contribution in [-0.2, 0) is 19.1 Å². The molecule has 0 aliphatic carbocycles. The fourth-order valence-corrected chi connectivity index (χ4v) is 2.55. The van der Waals surface area contributed by atoms with E-state index in [2.05, 4.69) is 15.3 Å². The molecule has 3 rings (SSSR count). The average molecular weight is 303 g/mol. The van der Waals surface area contributed by atoms with Crippen molar-refractivity contribution in [3.05, 3.63) is 24.3 Å². The number of methoxy groups -OCH3 is 2. The van der Waals surface area contributed by atoms with Gasteiger partial charge in [-0.25, -0.2) is 9.69 Å². The lowest BCUT2D eigenvalue weighted by Crippen LogP contribution is -2.36. The SMILES string of the molecule is COC(=O)C1=NNC2C(=O)N(c3ccc(OC)cc3)C(=O)C12. The summed E-state index contributed by atoms with van der Waals surface area (Å²) in [5.74, 6) is -2.03. The second-order valence-corrected chi connectivity index (χ2v) is 4.78. The van der Waals surface area contributed by atoms with Crippen LogP contribution in [-0.4, -0.2) is 43.8 Å². The normalized spacial score (nSPS) is 23.0. The van der Waals surface area contributed by atoms with Gasteiger partial charge < -0.3 is 9.47 Å². The fourth-order valence-electron chi connectivity index (χ4n) is 2.55. The standard InChI is InChI=1S/C14H13N3O5/c1-21-8-5-3-7(4-6-8)17-12(18)9-10(13(17)19)15-16-11(9)14(20)22-2/h3-6,9-10,15H,1-2H3.